The topological polar surface area (TPSA) is 99.2 Å². The Bertz CT molecular complexity index is 690. The first-order valence-electron chi connectivity index (χ1n) is 6.13. The van der Waals surface area contributed by atoms with Crippen LogP contribution in [-0.2, 0) is 5.60 Å². The lowest BCUT2D eigenvalue weighted by molar-refractivity contribution is -0.385. The lowest BCUT2D eigenvalue weighted by Gasteiger charge is -2.23. The van der Waals surface area contributed by atoms with Crippen LogP contribution in [0.1, 0.15) is 17.4 Å². The molecule has 0 fully saturated rings. The van der Waals surface area contributed by atoms with Crippen molar-refractivity contribution in [1.29, 1.82) is 5.26 Å². The molecule has 0 aliphatic carbocycles. The summed E-state index contributed by atoms with van der Waals surface area (Å²) in [5.74, 6) is 0. The molecule has 0 aliphatic heterocycles. The summed E-state index contributed by atoms with van der Waals surface area (Å²) in [5, 5.41) is 35.0. The largest absolute Gasteiger partial charge is 0.383 e. The molecule has 1 heterocycles. The van der Waals surface area contributed by atoms with Crippen molar-refractivity contribution in [3.63, 3.8) is 0 Å². The lowest BCUT2D eigenvalue weighted by Crippen LogP contribution is -2.29. The van der Waals surface area contributed by atoms with Crippen LogP contribution in [0.25, 0.3) is 0 Å². The molecule has 2 aromatic rings. The number of nitrogens with zero attached hydrogens (tertiary/aromatic N) is 2. The molecular formula is C14H13N3O3S. The van der Waals surface area contributed by atoms with Crippen LogP contribution in [-0.4, -0.2) is 16.6 Å². The minimum atomic E-state index is -1.05. The van der Waals surface area contributed by atoms with Gasteiger partial charge in [0.1, 0.15) is 17.2 Å². The van der Waals surface area contributed by atoms with Gasteiger partial charge in [0.2, 0.25) is 0 Å². The molecule has 6 nitrogen and oxygen atoms in total. The van der Waals surface area contributed by atoms with E-state index in [2.05, 4.69) is 5.32 Å². The first-order valence-corrected chi connectivity index (χ1v) is 7.01. The Labute approximate surface area is 125 Å². The predicted molar refractivity (Wildman–Crippen MR) is 80.2 cm³/mol. The van der Waals surface area contributed by atoms with E-state index >= 15 is 0 Å². The molecule has 0 amide bonds. The normalized spacial score (nSPS) is 13.2. The van der Waals surface area contributed by atoms with Gasteiger partial charge in [0.25, 0.3) is 5.69 Å². The number of benzene rings is 1. The molecule has 0 saturated heterocycles. The van der Waals surface area contributed by atoms with Gasteiger partial charge < -0.3 is 10.4 Å². The number of anilines is 1. The smallest absolute Gasteiger partial charge is 0.287 e. The Morgan fingerprint density at radius 1 is 1.52 bits per heavy atom. The zero-order valence-corrected chi connectivity index (χ0v) is 12.1. The van der Waals surface area contributed by atoms with E-state index in [1.165, 1.54) is 29.5 Å². The van der Waals surface area contributed by atoms with Crippen molar-refractivity contribution in [3.8, 4) is 6.07 Å². The molecule has 108 valence electrons. The van der Waals surface area contributed by atoms with Gasteiger partial charge in [0, 0.05) is 23.2 Å². The maximum absolute atomic E-state index is 10.8. The average molecular weight is 303 g/mol. The van der Waals surface area contributed by atoms with Gasteiger partial charge in [-0.2, -0.15) is 5.26 Å². The highest BCUT2D eigenvalue weighted by atomic mass is 32.1. The van der Waals surface area contributed by atoms with Crippen molar-refractivity contribution in [2.24, 2.45) is 0 Å². The van der Waals surface area contributed by atoms with E-state index in [9.17, 15) is 15.2 Å². The van der Waals surface area contributed by atoms with Gasteiger partial charge in [-0.05, 0) is 30.5 Å². The fourth-order valence-corrected chi connectivity index (χ4v) is 2.63. The number of rotatable bonds is 5. The third-order valence-electron chi connectivity index (χ3n) is 3.00. The summed E-state index contributed by atoms with van der Waals surface area (Å²) in [5.41, 5.74) is -0.745. The van der Waals surface area contributed by atoms with Crippen molar-refractivity contribution >= 4 is 22.7 Å². The molecule has 2 rings (SSSR count). The number of nitriles is 1. The molecule has 0 bridgehead atoms. The summed E-state index contributed by atoms with van der Waals surface area (Å²) < 4.78 is 0. The SMILES string of the molecule is C[C@](O)(CNc1ccc([N+](=O)[O-])c(C#N)c1)c1cccs1. The van der Waals surface area contributed by atoms with Crippen LogP contribution in [0.5, 0.6) is 0 Å². The Kier molecular flexibility index (Phi) is 4.21. The third-order valence-corrected chi connectivity index (χ3v) is 4.13. The monoisotopic (exact) mass is 303 g/mol. The van der Waals surface area contributed by atoms with Gasteiger partial charge in [-0.25, -0.2) is 0 Å². The van der Waals surface area contributed by atoms with Gasteiger partial charge in [-0.15, -0.1) is 11.3 Å². The maximum Gasteiger partial charge on any atom is 0.287 e. The van der Waals surface area contributed by atoms with Gasteiger partial charge in [0.05, 0.1) is 4.92 Å². The van der Waals surface area contributed by atoms with E-state index in [1.54, 1.807) is 13.0 Å². The van der Waals surface area contributed by atoms with Crippen molar-refractivity contribution in [2.75, 3.05) is 11.9 Å². The molecule has 1 aromatic heterocycles. The van der Waals surface area contributed by atoms with E-state index < -0.39 is 10.5 Å². The molecule has 0 radical (unpaired) electrons. The third kappa shape index (κ3) is 3.37. The van der Waals surface area contributed by atoms with E-state index in [4.69, 9.17) is 5.26 Å². The fourth-order valence-electron chi connectivity index (χ4n) is 1.84. The molecule has 0 spiro atoms. The summed E-state index contributed by atoms with van der Waals surface area (Å²) >= 11 is 1.45. The minimum absolute atomic E-state index is 0.0132. The molecule has 7 heteroatoms. The molecule has 0 aliphatic rings. The summed E-state index contributed by atoms with van der Waals surface area (Å²) in [7, 11) is 0. The van der Waals surface area contributed by atoms with Crippen LogP contribution in [0.15, 0.2) is 35.7 Å². The molecule has 1 aromatic carbocycles. The highest BCUT2D eigenvalue weighted by molar-refractivity contribution is 7.10. The van der Waals surface area contributed by atoms with Gasteiger partial charge >= 0.3 is 0 Å². The summed E-state index contributed by atoms with van der Waals surface area (Å²) in [4.78, 5) is 11.0. The van der Waals surface area contributed by atoms with Gasteiger partial charge in [-0.3, -0.25) is 10.1 Å². The Balaban J connectivity index is 2.14. The molecule has 0 saturated carbocycles. The molecule has 0 unspecified atom stereocenters. The number of hydrogen-bond donors (Lipinski definition) is 2. The summed E-state index contributed by atoms with van der Waals surface area (Å²) in [6, 6.07) is 9.69. The molecular weight excluding hydrogens is 290 g/mol. The number of nitro benzene ring substituents is 1. The van der Waals surface area contributed by atoms with Gasteiger partial charge in [0.15, 0.2) is 0 Å². The van der Waals surface area contributed by atoms with Crippen LogP contribution >= 0.6 is 11.3 Å². The Morgan fingerprint density at radius 3 is 2.86 bits per heavy atom. The minimum Gasteiger partial charge on any atom is -0.383 e. The first-order chi connectivity index (χ1) is 9.94. The van der Waals surface area contributed by atoms with Crippen LogP contribution in [0.3, 0.4) is 0 Å². The van der Waals surface area contributed by atoms with E-state index in [1.807, 2.05) is 17.5 Å². The lowest BCUT2D eigenvalue weighted by atomic mass is 10.0. The number of nitrogens with one attached hydrogen (secondary N) is 1. The second kappa shape index (κ2) is 5.91. The highest BCUT2D eigenvalue weighted by Crippen LogP contribution is 2.27. The molecule has 2 N–H and O–H groups in total. The zero-order chi connectivity index (χ0) is 15.5. The quantitative estimate of drug-likeness (QED) is 0.653. The van der Waals surface area contributed by atoms with Crippen LogP contribution in [0.2, 0.25) is 0 Å². The van der Waals surface area contributed by atoms with Crippen molar-refractivity contribution in [3.05, 3.63) is 56.3 Å². The van der Waals surface area contributed by atoms with Crippen molar-refractivity contribution < 1.29 is 10.0 Å². The second-order valence-electron chi connectivity index (χ2n) is 4.71. The summed E-state index contributed by atoms with van der Waals surface area (Å²) in [6.45, 7) is 1.92. The zero-order valence-electron chi connectivity index (χ0n) is 11.2. The van der Waals surface area contributed by atoms with Gasteiger partial charge in [-0.1, -0.05) is 6.07 Å². The summed E-state index contributed by atoms with van der Waals surface area (Å²) in [6.07, 6.45) is 0. The van der Waals surface area contributed by atoms with Crippen LogP contribution in [0.4, 0.5) is 11.4 Å². The van der Waals surface area contributed by atoms with E-state index in [-0.39, 0.29) is 17.8 Å². The van der Waals surface area contributed by atoms with Crippen molar-refractivity contribution in [1.82, 2.24) is 0 Å². The number of hydrogen-bond acceptors (Lipinski definition) is 6. The Morgan fingerprint density at radius 2 is 2.29 bits per heavy atom. The maximum atomic E-state index is 10.8. The average Bonchev–Trinajstić information content (AvgIpc) is 2.99. The fraction of sp³-hybridized carbons (Fsp3) is 0.214. The van der Waals surface area contributed by atoms with E-state index in [0.29, 0.717) is 5.69 Å². The number of aliphatic hydroxyl groups is 1. The standard InChI is InChI=1S/C14H13N3O3S/c1-14(18,13-3-2-6-21-13)9-16-11-4-5-12(17(19)20)10(7-11)8-15/h2-7,16,18H,9H2,1H3/t14-/m0/s1. The van der Waals surface area contributed by atoms with Crippen molar-refractivity contribution in [2.45, 2.75) is 12.5 Å². The Hall–Kier alpha value is -2.43. The predicted octanol–water partition coefficient (Wildman–Crippen LogP) is 2.85. The first kappa shape index (κ1) is 15.0. The number of nitro groups is 1. The number of thiophene rings is 1. The molecule has 1 atom stereocenters. The van der Waals surface area contributed by atoms with E-state index in [0.717, 1.165) is 4.88 Å². The second-order valence-corrected chi connectivity index (χ2v) is 5.65. The highest BCUT2D eigenvalue weighted by Gasteiger charge is 2.24. The molecule has 21 heavy (non-hydrogen) atoms. The van der Waals surface area contributed by atoms with Crippen LogP contribution < -0.4 is 5.32 Å². The van der Waals surface area contributed by atoms with Crippen LogP contribution in [0, 0.1) is 21.4 Å².